The van der Waals surface area contributed by atoms with Crippen LogP contribution in [0.1, 0.15) is 40.0 Å². The maximum absolute atomic E-state index is 10.5. The van der Waals surface area contributed by atoms with Crippen molar-refractivity contribution in [3.8, 4) is 0 Å². The third-order valence-corrected chi connectivity index (χ3v) is 2.62. The number of aliphatic carboxylic acids is 1. The van der Waals surface area contributed by atoms with Crippen LogP contribution in [-0.2, 0) is 9.53 Å². The van der Waals surface area contributed by atoms with E-state index in [2.05, 4.69) is 19.2 Å². The summed E-state index contributed by atoms with van der Waals surface area (Å²) < 4.78 is 5.20. The van der Waals surface area contributed by atoms with E-state index in [1.165, 1.54) is 0 Å². The second-order valence-corrected chi connectivity index (χ2v) is 4.75. The van der Waals surface area contributed by atoms with Crippen LogP contribution in [0.2, 0.25) is 0 Å². The Morgan fingerprint density at radius 1 is 1.31 bits per heavy atom. The van der Waals surface area contributed by atoms with Crippen LogP contribution in [0.25, 0.3) is 0 Å². The number of carboxylic acids is 1. The Morgan fingerprint density at radius 3 is 2.56 bits per heavy atom. The van der Waals surface area contributed by atoms with E-state index in [9.17, 15) is 4.79 Å². The van der Waals surface area contributed by atoms with Crippen LogP contribution in [-0.4, -0.2) is 37.4 Å². The van der Waals surface area contributed by atoms with Gasteiger partial charge < -0.3 is 15.2 Å². The highest BCUT2D eigenvalue weighted by atomic mass is 16.5. The Balaban J connectivity index is 3.46. The van der Waals surface area contributed by atoms with Crippen LogP contribution < -0.4 is 5.32 Å². The molecule has 4 nitrogen and oxygen atoms in total. The van der Waals surface area contributed by atoms with Crippen LogP contribution in [0, 0.1) is 5.41 Å². The van der Waals surface area contributed by atoms with Gasteiger partial charge in [-0.2, -0.15) is 0 Å². The zero-order valence-electron chi connectivity index (χ0n) is 10.7. The van der Waals surface area contributed by atoms with Gasteiger partial charge in [-0.05, 0) is 31.7 Å². The van der Waals surface area contributed by atoms with Gasteiger partial charge in [0.2, 0.25) is 0 Å². The van der Waals surface area contributed by atoms with E-state index in [1.807, 2.05) is 6.92 Å². The van der Waals surface area contributed by atoms with E-state index in [0.717, 1.165) is 39.1 Å². The number of ether oxygens (including phenoxy) is 1. The summed E-state index contributed by atoms with van der Waals surface area (Å²) in [5.41, 5.74) is 0.0942. The second-order valence-electron chi connectivity index (χ2n) is 4.75. The lowest BCUT2D eigenvalue weighted by atomic mass is 9.84. The Labute approximate surface area is 98.4 Å². The summed E-state index contributed by atoms with van der Waals surface area (Å²) in [5.74, 6) is -0.711. The van der Waals surface area contributed by atoms with Crippen LogP contribution in [0.4, 0.5) is 0 Å². The number of carboxylic acid groups (broad SMARTS) is 1. The van der Waals surface area contributed by atoms with Gasteiger partial charge in [0.05, 0.1) is 6.61 Å². The van der Waals surface area contributed by atoms with Gasteiger partial charge in [0, 0.05) is 19.6 Å². The molecule has 0 amide bonds. The van der Waals surface area contributed by atoms with Crippen molar-refractivity contribution in [2.24, 2.45) is 5.41 Å². The summed E-state index contributed by atoms with van der Waals surface area (Å²) in [7, 11) is 0. The van der Waals surface area contributed by atoms with E-state index < -0.39 is 5.97 Å². The zero-order valence-corrected chi connectivity index (χ0v) is 10.7. The maximum Gasteiger partial charge on any atom is 0.303 e. The molecule has 0 heterocycles. The quantitative estimate of drug-likeness (QED) is 0.564. The van der Waals surface area contributed by atoms with Crippen molar-refractivity contribution in [3.05, 3.63) is 0 Å². The number of rotatable bonds is 10. The van der Waals surface area contributed by atoms with Gasteiger partial charge in [-0.25, -0.2) is 0 Å². The fourth-order valence-corrected chi connectivity index (χ4v) is 1.41. The Hall–Kier alpha value is -0.610. The summed E-state index contributed by atoms with van der Waals surface area (Å²) in [6.07, 6.45) is 1.98. The minimum atomic E-state index is -0.711. The van der Waals surface area contributed by atoms with Gasteiger partial charge in [0.1, 0.15) is 0 Å². The molecule has 0 bridgehead atoms. The topological polar surface area (TPSA) is 58.6 Å². The van der Waals surface area contributed by atoms with Crippen molar-refractivity contribution < 1.29 is 14.6 Å². The van der Waals surface area contributed by atoms with Crippen molar-refractivity contribution in [1.29, 1.82) is 0 Å². The molecule has 0 fully saturated rings. The first-order chi connectivity index (χ1) is 7.48. The molecule has 96 valence electrons. The zero-order chi connectivity index (χ0) is 12.4. The third kappa shape index (κ3) is 9.93. The van der Waals surface area contributed by atoms with Crippen molar-refractivity contribution in [2.45, 2.75) is 40.0 Å². The van der Waals surface area contributed by atoms with E-state index in [0.29, 0.717) is 0 Å². The molecule has 0 atom stereocenters. The van der Waals surface area contributed by atoms with Crippen molar-refractivity contribution >= 4 is 5.97 Å². The molecule has 0 unspecified atom stereocenters. The monoisotopic (exact) mass is 231 g/mol. The first-order valence-corrected chi connectivity index (χ1v) is 5.98. The van der Waals surface area contributed by atoms with E-state index in [4.69, 9.17) is 9.84 Å². The SMILES string of the molecule is CCOCCNCCC(C)(C)CCC(=O)O. The van der Waals surface area contributed by atoms with Gasteiger partial charge in [-0.3, -0.25) is 4.79 Å². The molecule has 0 saturated carbocycles. The molecule has 0 aromatic carbocycles. The molecule has 0 spiro atoms. The molecule has 4 heteroatoms. The van der Waals surface area contributed by atoms with Crippen LogP contribution in [0.15, 0.2) is 0 Å². The maximum atomic E-state index is 10.5. The van der Waals surface area contributed by atoms with Gasteiger partial charge in [0.15, 0.2) is 0 Å². The summed E-state index contributed by atoms with van der Waals surface area (Å²) in [6, 6.07) is 0. The number of hydrogen-bond acceptors (Lipinski definition) is 3. The fourth-order valence-electron chi connectivity index (χ4n) is 1.41. The first kappa shape index (κ1) is 15.4. The molecule has 0 saturated heterocycles. The Bertz CT molecular complexity index is 193. The summed E-state index contributed by atoms with van der Waals surface area (Å²) in [6.45, 7) is 9.48. The molecule has 0 aliphatic carbocycles. The molecule has 0 rings (SSSR count). The highest BCUT2D eigenvalue weighted by molar-refractivity contribution is 5.66. The van der Waals surface area contributed by atoms with Crippen molar-refractivity contribution in [3.63, 3.8) is 0 Å². The standard InChI is InChI=1S/C12H25NO3/c1-4-16-10-9-13-8-7-12(2,3)6-5-11(14)15/h13H,4-10H2,1-3H3,(H,14,15). The lowest BCUT2D eigenvalue weighted by Crippen LogP contribution is -2.26. The summed E-state index contributed by atoms with van der Waals surface area (Å²) in [5, 5.41) is 11.9. The summed E-state index contributed by atoms with van der Waals surface area (Å²) >= 11 is 0. The molecule has 0 radical (unpaired) electrons. The molecular weight excluding hydrogens is 206 g/mol. The fraction of sp³-hybridized carbons (Fsp3) is 0.917. The van der Waals surface area contributed by atoms with Gasteiger partial charge in [-0.1, -0.05) is 13.8 Å². The third-order valence-electron chi connectivity index (χ3n) is 2.62. The van der Waals surface area contributed by atoms with E-state index in [-0.39, 0.29) is 11.8 Å². The average molecular weight is 231 g/mol. The molecule has 0 aliphatic heterocycles. The Morgan fingerprint density at radius 2 is 2.00 bits per heavy atom. The lowest BCUT2D eigenvalue weighted by Gasteiger charge is -2.23. The van der Waals surface area contributed by atoms with Crippen LogP contribution in [0.3, 0.4) is 0 Å². The van der Waals surface area contributed by atoms with E-state index >= 15 is 0 Å². The highest BCUT2D eigenvalue weighted by Crippen LogP contribution is 2.25. The first-order valence-electron chi connectivity index (χ1n) is 5.98. The van der Waals surface area contributed by atoms with Gasteiger partial charge in [-0.15, -0.1) is 0 Å². The molecule has 16 heavy (non-hydrogen) atoms. The van der Waals surface area contributed by atoms with Crippen LogP contribution >= 0.6 is 0 Å². The Kier molecular flexibility index (Phi) is 8.21. The predicted octanol–water partition coefficient (Wildman–Crippen LogP) is 1.89. The largest absolute Gasteiger partial charge is 0.481 e. The predicted molar refractivity (Wildman–Crippen MR) is 64.6 cm³/mol. The molecule has 0 aromatic rings. The highest BCUT2D eigenvalue weighted by Gasteiger charge is 2.18. The molecule has 0 aliphatic rings. The van der Waals surface area contributed by atoms with Crippen molar-refractivity contribution in [2.75, 3.05) is 26.3 Å². The van der Waals surface area contributed by atoms with E-state index in [1.54, 1.807) is 0 Å². The number of hydrogen-bond donors (Lipinski definition) is 2. The van der Waals surface area contributed by atoms with Crippen LogP contribution in [0.5, 0.6) is 0 Å². The number of nitrogens with one attached hydrogen (secondary N) is 1. The summed E-state index contributed by atoms with van der Waals surface area (Å²) in [4.78, 5) is 10.5. The second kappa shape index (κ2) is 8.53. The lowest BCUT2D eigenvalue weighted by molar-refractivity contribution is -0.137. The number of carbonyl (C=O) groups is 1. The normalized spacial score (nSPS) is 11.7. The molecule has 0 aromatic heterocycles. The van der Waals surface area contributed by atoms with Gasteiger partial charge in [0.25, 0.3) is 0 Å². The average Bonchev–Trinajstić information content (AvgIpc) is 2.21. The molecule has 2 N–H and O–H groups in total. The van der Waals surface area contributed by atoms with Gasteiger partial charge >= 0.3 is 5.97 Å². The smallest absolute Gasteiger partial charge is 0.303 e. The minimum Gasteiger partial charge on any atom is -0.481 e. The van der Waals surface area contributed by atoms with Crippen molar-refractivity contribution in [1.82, 2.24) is 5.32 Å². The molecular formula is C12H25NO3. The minimum absolute atomic E-state index is 0.0942.